The van der Waals surface area contributed by atoms with Gasteiger partial charge in [0.2, 0.25) is 0 Å². The van der Waals surface area contributed by atoms with Crippen molar-refractivity contribution in [1.29, 1.82) is 0 Å². The summed E-state index contributed by atoms with van der Waals surface area (Å²) in [6, 6.07) is 3.89. The predicted molar refractivity (Wildman–Crippen MR) is 131 cm³/mol. The van der Waals surface area contributed by atoms with Crippen molar-refractivity contribution in [3.8, 4) is 0 Å². The van der Waals surface area contributed by atoms with E-state index in [9.17, 15) is 9.90 Å². The smallest absolute Gasteiger partial charge is 0.303 e. The van der Waals surface area contributed by atoms with Gasteiger partial charge in [0.05, 0.1) is 10.6 Å². The quantitative estimate of drug-likeness (QED) is 0.509. The summed E-state index contributed by atoms with van der Waals surface area (Å²) >= 11 is 5.98. The molecule has 0 unspecified atom stereocenters. The van der Waals surface area contributed by atoms with Crippen molar-refractivity contribution in [3.05, 3.63) is 35.0 Å². The maximum atomic E-state index is 11.8. The number of aromatic nitrogens is 1. The molecule has 1 aliphatic heterocycles. The first-order valence-electron chi connectivity index (χ1n) is 12.3. The Labute approximate surface area is 202 Å². The molecule has 1 saturated carbocycles. The summed E-state index contributed by atoms with van der Waals surface area (Å²) in [5.41, 5.74) is 0.269. The second-order valence-corrected chi connectivity index (χ2v) is 10.9. The van der Waals surface area contributed by atoms with E-state index >= 15 is 0 Å². The van der Waals surface area contributed by atoms with Gasteiger partial charge in [-0.1, -0.05) is 31.5 Å². The molecule has 1 N–H and O–H groups in total. The van der Waals surface area contributed by atoms with Gasteiger partial charge in [0, 0.05) is 58.2 Å². The first-order valence-corrected chi connectivity index (χ1v) is 12.7. The Kier molecular flexibility index (Phi) is 7.37. The Bertz CT molecular complexity index is 868. The molecule has 2 aliphatic carbocycles. The van der Waals surface area contributed by atoms with Crippen LogP contribution in [0.25, 0.3) is 0 Å². The summed E-state index contributed by atoms with van der Waals surface area (Å²) in [5, 5.41) is 12.5. The Hall–Kier alpha value is -1.63. The van der Waals surface area contributed by atoms with E-state index in [1.807, 2.05) is 19.1 Å². The average Bonchev–Trinajstić information content (AvgIpc) is 2.77. The number of anilines is 1. The zero-order chi connectivity index (χ0) is 23.8. The van der Waals surface area contributed by atoms with E-state index in [1.54, 1.807) is 6.20 Å². The molecule has 0 amide bonds. The van der Waals surface area contributed by atoms with Crippen LogP contribution >= 0.6 is 11.6 Å². The number of piperazine rings is 1. The van der Waals surface area contributed by atoms with Crippen molar-refractivity contribution in [2.75, 3.05) is 37.6 Å². The fourth-order valence-corrected chi connectivity index (χ4v) is 6.37. The third-order valence-corrected chi connectivity index (χ3v) is 8.50. The lowest BCUT2D eigenvalue weighted by Gasteiger charge is -2.53. The number of hydrogen-bond acceptors (Lipinski definition) is 6. The van der Waals surface area contributed by atoms with Gasteiger partial charge in [0.15, 0.2) is 0 Å². The highest BCUT2D eigenvalue weighted by molar-refractivity contribution is 6.30. The van der Waals surface area contributed by atoms with Crippen molar-refractivity contribution in [1.82, 2.24) is 9.88 Å². The van der Waals surface area contributed by atoms with Crippen molar-refractivity contribution >= 4 is 23.4 Å². The van der Waals surface area contributed by atoms with Crippen LogP contribution in [-0.2, 0) is 9.53 Å². The molecule has 33 heavy (non-hydrogen) atoms. The summed E-state index contributed by atoms with van der Waals surface area (Å²) in [7, 11) is 0. The van der Waals surface area contributed by atoms with Gasteiger partial charge < -0.3 is 14.7 Å². The molecular formula is C26H38ClN3O3. The maximum absolute atomic E-state index is 11.8. The first-order chi connectivity index (χ1) is 15.7. The Balaban J connectivity index is 1.40. The van der Waals surface area contributed by atoms with Crippen LogP contribution in [0, 0.1) is 23.7 Å². The SMILES string of the molecule is CC(=O)O[C@@H]1C[C@@]2(O)[C@H](C)CC[C@@H]([C@H](C)CN3CCN(c4ccc(Cl)cn4)CC3)[C@H]2C=C1C. The van der Waals surface area contributed by atoms with E-state index < -0.39 is 5.60 Å². The molecule has 2 heterocycles. The highest BCUT2D eigenvalue weighted by Gasteiger charge is 2.52. The normalized spacial score (nSPS) is 33.8. The van der Waals surface area contributed by atoms with Gasteiger partial charge >= 0.3 is 5.97 Å². The van der Waals surface area contributed by atoms with Gasteiger partial charge in [0.1, 0.15) is 11.9 Å². The van der Waals surface area contributed by atoms with Crippen molar-refractivity contribution in [3.63, 3.8) is 0 Å². The molecule has 2 fully saturated rings. The number of halogens is 1. The van der Waals surface area contributed by atoms with Crippen LogP contribution in [0.3, 0.4) is 0 Å². The van der Waals surface area contributed by atoms with Gasteiger partial charge in [-0.05, 0) is 55.2 Å². The molecule has 182 valence electrons. The molecule has 1 saturated heterocycles. The van der Waals surface area contributed by atoms with Crippen molar-refractivity contribution in [2.45, 2.75) is 58.7 Å². The topological polar surface area (TPSA) is 65.9 Å². The number of esters is 1. The van der Waals surface area contributed by atoms with E-state index in [-0.39, 0.29) is 23.9 Å². The third-order valence-electron chi connectivity index (χ3n) is 8.28. The number of aliphatic hydroxyl groups is 1. The monoisotopic (exact) mass is 475 g/mol. The van der Waals surface area contributed by atoms with Crippen molar-refractivity contribution < 1.29 is 14.6 Å². The minimum absolute atomic E-state index is 0.114. The fraction of sp³-hybridized carbons (Fsp3) is 0.692. The Morgan fingerprint density at radius 2 is 2.03 bits per heavy atom. The molecule has 0 radical (unpaired) electrons. The second kappa shape index (κ2) is 9.93. The lowest BCUT2D eigenvalue weighted by Crippen LogP contribution is -2.56. The van der Waals surface area contributed by atoms with E-state index in [2.05, 4.69) is 34.7 Å². The molecule has 7 heteroatoms. The van der Waals surface area contributed by atoms with Crippen LogP contribution in [-0.4, -0.2) is 65.4 Å². The zero-order valence-electron chi connectivity index (χ0n) is 20.3. The van der Waals surface area contributed by atoms with E-state index in [0.29, 0.717) is 23.3 Å². The van der Waals surface area contributed by atoms with Crippen LogP contribution in [0.5, 0.6) is 0 Å². The van der Waals surface area contributed by atoms with E-state index in [4.69, 9.17) is 16.3 Å². The van der Waals surface area contributed by atoms with Gasteiger partial charge in [-0.2, -0.15) is 0 Å². The lowest BCUT2D eigenvalue weighted by atomic mass is 9.57. The molecule has 1 aromatic rings. The van der Waals surface area contributed by atoms with Crippen LogP contribution in [0.2, 0.25) is 5.02 Å². The second-order valence-electron chi connectivity index (χ2n) is 10.5. The van der Waals surface area contributed by atoms with E-state index in [0.717, 1.165) is 57.0 Å². The predicted octanol–water partition coefficient (Wildman–Crippen LogP) is 4.17. The summed E-state index contributed by atoms with van der Waals surface area (Å²) < 4.78 is 5.54. The average molecular weight is 476 g/mol. The number of hydrogen-bond donors (Lipinski definition) is 1. The number of pyridine rings is 1. The third kappa shape index (κ3) is 5.23. The molecule has 6 nitrogen and oxygen atoms in total. The molecule has 0 aromatic carbocycles. The van der Waals surface area contributed by atoms with Crippen LogP contribution in [0.1, 0.15) is 47.0 Å². The molecule has 6 atom stereocenters. The van der Waals surface area contributed by atoms with Gasteiger partial charge in [0.25, 0.3) is 0 Å². The molecule has 0 bridgehead atoms. The highest BCUT2D eigenvalue weighted by atomic mass is 35.5. The summed E-state index contributed by atoms with van der Waals surface area (Å²) in [6.07, 6.45) is 6.27. The van der Waals surface area contributed by atoms with Crippen LogP contribution < -0.4 is 4.90 Å². The minimum atomic E-state index is -0.810. The van der Waals surface area contributed by atoms with E-state index in [1.165, 1.54) is 6.92 Å². The number of nitrogens with zero attached hydrogens (tertiary/aromatic N) is 3. The first kappa shape index (κ1) is 24.5. The van der Waals surface area contributed by atoms with Gasteiger partial charge in [-0.15, -0.1) is 0 Å². The minimum Gasteiger partial charge on any atom is -0.458 e. The summed E-state index contributed by atoms with van der Waals surface area (Å²) in [6.45, 7) is 12.9. The standard InChI is InChI=1S/C26H38ClN3O3/c1-17-13-23-22(7-5-19(3)26(23,32)14-24(17)33-20(4)31)18(2)16-29-9-11-30(12-10-29)25-8-6-21(27)15-28-25/h6,8,13,15,18-19,22-24,32H,5,7,9-12,14,16H2,1-4H3/t18-,19-,22+,23-,24-,26-/m1/s1. The van der Waals surface area contributed by atoms with Crippen LogP contribution in [0.4, 0.5) is 5.82 Å². The zero-order valence-corrected chi connectivity index (χ0v) is 21.1. The number of ether oxygens (including phenoxy) is 1. The summed E-state index contributed by atoms with van der Waals surface area (Å²) in [5.74, 6) is 1.92. The number of carbonyl (C=O) groups is 1. The maximum Gasteiger partial charge on any atom is 0.303 e. The largest absolute Gasteiger partial charge is 0.458 e. The van der Waals surface area contributed by atoms with Gasteiger partial charge in [-0.25, -0.2) is 4.98 Å². The molecular weight excluding hydrogens is 438 g/mol. The summed E-state index contributed by atoms with van der Waals surface area (Å²) in [4.78, 5) is 20.9. The highest BCUT2D eigenvalue weighted by Crippen LogP contribution is 2.51. The molecule has 0 spiro atoms. The number of rotatable bonds is 5. The molecule has 4 rings (SSSR count). The Morgan fingerprint density at radius 1 is 1.30 bits per heavy atom. The Morgan fingerprint density at radius 3 is 2.67 bits per heavy atom. The number of carbonyl (C=O) groups excluding carboxylic acids is 1. The lowest BCUT2D eigenvalue weighted by molar-refractivity contribution is -0.159. The molecule has 3 aliphatic rings. The van der Waals surface area contributed by atoms with Crippen LogP contribution in [0.15, 0.2) is 30.0 Å². The van der Waals surface area contributed by atoms with Gasteiger partial charge in [-0.3, -0.25) is 9.69 Å². The number of fused-ring (bicyclic) bond motifs is 1. The van der Waals surface area contributed by atoms with Crippen molar-refractivity contribution in [2.24, 2.45) is 23.7 Å². The molecule has 1 aromatic heterocycles. The fourth-order valence-electron chi connectivity index (χ4n) is 6.26.